The molecular weight excluding hydrogens is 342 g/mol. The van der Waals surface area contributed by atoms with Gasteiger partial charge in [0.1, 0.15) is 11.4 Å². The fourth-order valence-corrected chi connectivity index (χ4v) is 3.03. The van der Waals surface area contributed by atoms with Crippen molar-refractivity contribution >= 4 is 17.5 Å². The normalized spacial score (nSPS) is 14.7. The van der Waals surface area contributed by atoms with Crippen LogP contribution in [0.25, 0.3) is 17.1 Å². The van der Waals surface area contributed by atoms with E-state index in [2.05, 4.69) is 5.10 Å². The van der Waals surface area contributed by atoms with Gasteiger partial charge in [0.25, 0.3) is 5.91 Å². The molecule has 0 atom stereocenters. The van der Waals surface area contributed by atoms with Gasteiger partial charge < -0.3 is 14.1 Å². The van der Waals surface area contributed by atoms with Crippen molar-refractivity contribution < 1.29 is 13.9 Å². The smallest absolute Gasteiger partial charge is 0.272 e. The highest BCUT2D eigenvalue weighted by Crippen LogP contribution is 2.26. The molecule has 7 heteroatoms. The van der Waals surface area contributed by atoms with Gasteiger partial charge in [-0.1, -0.05) is 23.7 Å². The third-order valence-electron chi connectivity index (χ3n) is 4.08. The lowest BCUT2D eigenvalue weighted by Crippen LogP contribution is -2.41. The first-order valence-corrected chi connectivity index (χ1v) is 8.38. The monoisotopic (exact) mass is 357 g/mol. The minimum Gasteiger partial charge on any atom is -0.463 e. The summed E-state index contributed by atoms with van der Waals surface area (Å²) in [7, 11) is 0. The number of hydrogen-bond donors (Lipinski definition) is 0. The number of benzene rings is 1. The summed E-state index contributed by atoms with van der Waals surface area (Å²) in [6, 6.07) is 12.6. The van der Waals surface area contributed by atoms with Crippen LogP contribution in [0.4, 0.5) is 0 Å². The van der Waals surface area contributed by atoms with Gasteiger partial charge in [0, 0.05) is 19.2 Å². The van der Waals surface area contributed by atoms with E-state index in [9.17, 15) is 4.79 Å². The molecule has 1 saturated heterocycles. The lowest BCUT2D eigenvalue weighted by Gasteiger charge is -2.26. The van der Waals surface area contributed by atoms with Gasteiger partial charge in [-0.25, -0.2) is 4.68 Å². The molecule has 0 spiro atoms. The SMILES string of the molecule is O=C(c1cc(-c2ccco2)nn1-c1ccccc1Cl)N1CCOCC1. The van der Waals surface area contributed by atoms with Crippen molar-refractivity contribution in [1.29, 1.82) is 0 Å². The quantitative estimate of drug-likeness (QED) is 0.722. The Bertz CT molecular complexity index is 883. The molecule has 3 aromatic rings. The second-order valence-electron chi connectivity index (χ2n) is 5.66. The average molecular weight is 358 g/mol. The van der Waals surface area contributed by atoms with Gasteiger partial charge in [-0.15, -0.1) is 0 Å². The molecule has 1 fully saturated rings. The van der Waals surface area contributed by atoms with Crippen molar-refractivity contribution in [2.24, 2.45) is 0 Å². The van der Waals surface area contributed by atoms with Gasteiger partial charge in [-0.05, 0) is 24.3 Å². The summed E-state index contributed by atoms with van der Waals surface area (Å²) >= 11 is 6.33. The standard InChI is InChI=1S/C18H16ClN3O3/c19-13-4-1-2-5-15(13)22-16(18(23)21-7-10-24-11-8-21)12-14(20-22)17-6-3-9-25-17/h1-6,9,12H,7-8,10-11H2. The van der Waals surface area contributed by atoms with E-state index in [-0.39, 0.29) is 5.91 Å². The summed E-state index contributed by atoms with van der Waals surface area (Å²) in [5.41, 5.74) is 1.68. The summed E-state index contributed by atoms with van der Waals surface area (Å²) < 4.78 is 12.3. The molecule has 1 aromatic carbocycles. The van der Waals surface area contributed by atoms with E-state index in [1.807, 2.05) is 24.3 Å². The highest BCUT2D eigenvalue weighted by atomic mass is 35.5. The van der Waals surface area contributed by atoms with Crippen LogP contribution in [0.5, 0.6) is 0 Å². The first-order valence-electron chi connectivity index (χ1n) is 8.00. The van der Waals surface area contributed by atoms with E-state index in [4.69, 9.17) is 20.8 Å². The number of hydrogen-bond acceptors (Lipinski definition) is 4. The largest absolute Gasteiger partial charge is 0.463 e. The molecule has 1 amide bonds. The first-order chi connectivity index (χ1) is 12.2. The van der Waals surface area contributed by atoms with E-state index in [1.165, 1.54) is 0 Å². The lowest BCUT2D eigenvalue weighted by molar-refractivity contribution is 0.0297. The molecule has 1 aliphatic rings. The van der Waals surface area contributed by atoms with E-state index < -0.39 is 0 Å². The van der Waals surface area contributed by atoms with Crippen LogP contribution in [0.2, 0.25) is 5.02 Å². The minimum atomic E-state index is -0.103. The van der Waals surface area contributed by atoms with Crippen LogP contribution >= 0.6 is 11.6 Å². The molecule has 25 heavy (non-hydrogen) atoms. The molecular formula is C18H16ClN3O3. The van der Waals surface area contributed by atoms with Gasteiger partial charge in [-0.2, -0.15) is 5.10 Å². The summed E-state index contributed by atoms with van der Waals surface area (Å²) in [4.78, 5) is 14.8. The van der Waals surface area contributed by atoms with Crippen molar-refractivity contribution in [3.63, 3.8) is 0 Å². The third kappa shape index (κ3) is 3.06. The summed E-state index contributed by atoms with van der Waals surface area (Å²) in [6.07, 6.45) is 1.58. The molecule has 0 unspecified atom stereocenters. The molecule has 0 bridgehead atoms. The van der Waals surface area contributed by atoms with Crippen LogP contribution in [0.1, 0.15) is 10.5 Å². The Kier molecular flexibility index (Phi) is 4.29. The number of ether oxygens (including phenoxy) is 1. The molecule has 2 aromatic heterocycles. The van der Waals surface area contributed by atoms with E-state index in [1.54, 1.807) is 34.0 Å². The Hall–Kier alpha value is -2.57. The van der Waals surface area contributed by atoms with E-state index in [0.29, 0.717) is 54.2 Å². The first kappa shape index (κ1) is 15.9. The fourth-order valence-electron chi connectivity index (χ4n) is 2.81. The molecule has 3 heterocycles. The van der Waals surface area contributed by atoms with Crippen LogP contribution in [0.3, 0.4) is 0 Å². The molecule has 4 rings (SSSR count). The number of furan rings is 1. The molecule has 1 aliphatic heterocycles. The van der Waals surface area contributed by atoms with Crippen molar-refractivity contribution in [1.82, 2.24) is 14.7 Å². The number of carbonyl (C=O) groups is 1. The number of halogens is 1. The zero-order chi connectivity index (χ0) is 17.2. The Morgan fingerprint density at radius 3 is 2.64 bits per heavy atom. The number of morpholine rings is 1. The van der Waals surface area contributed by atoms with E-state index >= 15 is 0 Å². The van der Waals surface area contributed by atoms with Crippen molar-refractivity contribution in [3.8, 4) is 17.1 Å². The predicted octanol–water partition coefficient (Wildman–Crippen LogP) is 3.26. The maximum Gasteiger partial charge on any atom is 0.272 e. The van der Waals surface area contributed by atoms with Gasteiger partial charge in [0.2, 0.25) is 0 Å². The Labute approximate surface area is 149 Å². The zero-order valence-corrected chi connectivity index (χ0v) is 14.1. The van der Waals surface area contributed by atoms with Gasteiger partial charge in [-0.3, -0.25) is 4.79 Å². The van der Waals surface area contributed by atoms with Crippen molar-refractivity contribution in [2.75, 3.05) is 26.3 Å². The molecule has 6 nitrogen and oxygen atoms in total. The average Bonchev–Trinajstić information content (AvgIpc) is 3.32. The highest BCUT2D eigenvalue weighted by Gasteiger charge is 2.25. The van der Waals surface area contributed by atoms with Crippen LogP contribution in [0, 0.1) is 0 Å². The van der Waals surface area contributed by atoms with Crippen LogP contribution in [-0.2, 0) is 4.74 Å². The molecule has 0 radical (unpaired) electrons. The van der Waals surface area contributed by atoms with Gasteiger partial charge in [0.05, 0.1) is 30.2 Å². The van der Waals surface area contributed by atoms with Crippen LogP contribution in [-0.4, -0.2) is 46.9 Å². The Morgan fingerprint density at radius 2 is 1.92 bits per heavy atom. The second-order valence-corrected chi connectivity index (χ2v) is 6.07. The molecule has 0 aliphatic carbocycles. The van der Waals surface area contributed by atoms with E-state index in [0.717, 1.165) is 0 Å². The summed E-state index contributed by atoms with van der Waals surface area (Å²) in [6.45, 7) is 2.19. The third-order valence-corrected chi connectivity index (χ3v) is 4.40. The maximum absolute atomic E-state index is 13.0. The Balaban J connectivity index is 1.81. The molecule has 0 N–H and O–H groups in total. The Morgan fingerprint density at radius 1 is 1.12 bits per heavy atom. The number of carbonyl (C=O) groups excluding carboxylic acids is 1. The zero-order valence-electron chi connectivity index (χ0n) is 13.4. The van der Waals surface area contributed by atoms with Crippen molar-refractivity contribution in [2.45, 2.75) is 0 Å². The molecule has 128 valence electrons. The number of rotatable bonds is 3. The maximum atomic E-state index is 13.0. The minimum absolute atomic E-state index is 0.103. The topological polar surface area (TPSA) is 60.5 Å². The van der Waals surface area contributed by atoms with Crippen LogP contribution < -0.4 is 0 Å². The van der Waals surface area contributed by atoms with Crippen LogP contribution in [0.15, 0.2) is 53.1 Å². The van der Waals surface area contributed by atoms with Gasteiger partial charge >= 0.3 is 0 Å². The van der Waals surface area contributed by atoms with Gasteiger partial charge in [0.15, 0.2) is 5.76 Å². The molecule has 0 saturated carbocycles. The summed E-state index contributed by atoms with van der Waals surface area (Å²) in [5.74, 6) is 0.496. The summed E-state index contributed by atoms with van der Waals surface area (Å²) in [5, 5.41) is 5.08. The number of amides is 1. The second kappa shape index (κ2) is 6.74. The number of para-hydroxylation sites is 1. The number of aromatic nitrogens is 2. The number of nitrogens with zero attached hydrogens (tertiary/aromatic N) is 3. The fraction of sp³-hybridized carbons (Fsp3) is 0.222. The predicted molar refractivity (Wildman–Crippen MR) is 93.0 cm³/mol. The van der Waals surface area contributed by atoms with Crippen molar-refractivity contribution in [3.05, 3.63) is 59.4 Å². The lowest BCUT2D eigenvalue weighted by atomic mass is 10.2. The highest BCUT2D eigenvalue weighted by molar-refractivity contribution is 6.32.